The van der Waals surface area contributed by atoms with Crippen LogP contribution in [-0.4, -0.2) is 37.3 Å². The van der Waals surface area contributed by atoms with Crippen molar-refractivity contribution in [1.82, 2.24) is 10.6 Å². The molecule has 0 bridgehead atoms. The van der Waals surface area contributed by atoms with E-state index in [0.29, 0.717) is 25.2 Å². The van der Waals surface area contributed by atoms with Gasteiger partial charge in [-0.15, -0.1) is 12.4 Å². The quantitative estimate of drug-likeness (QED) is 0.657. The minimum atomic E-state index is -0.425. The van der Waals surface area contributed by atoms with Crippen molar-refractivity contribution in [2.45, 2.75) is 0 Å². The van der Waals surface area contributed by atoms with Gasteiger partial charge in [-0.2, -0.15) is 0 Å². The van der Waals surface area contributed by atoms with Gasteiger partial charge in [0.2, 0.25) is 0 Å². The third-order valence-corrected chi connectivity index (χ3v) is 1.96. The molecule has 96 valence electrons. The normalized spacial score (nSPS) is 9.53. The molecule has 0 spiro atoms. The molecule has 0 saturated heterocycles. The van der Waals surface area contributed by atoms with Gasteiger partial charge in [0.15, 0.2) is 0 Å². The molecule has 1 aromatic rings. The Bertz CT molecular complexity index is 350. The fraction of sp³-hybridized carbons (Fsp3) is 0.364. The minimum Gasteiger partial charge on any atom is -0.395 e. The predicted octanol–water partition coefficient (Wildman–Crippen LogP) is 0.559. The molecule has 1 amide bonds. The molecule has 0 atom stereocenters. The van der Waals surface area contributed by atoms with E-state index in [0.717, 1.165) is 0 Å². The molecule has 4 nitrogen and oxygen atoms in total. The monoisotopic (exact) mass is 262 g/mol. The highest BCUT2D eigenvalue weighted by molar-refractivity contribution is 5.94. The summed E-state index contributed by atoms with van der Waals surface area (Å²) in [4.78, 5) is 11.5. The van der Waals surface area contributed by atoms with Gasteiger partial charge in [0, 0.05) is 25.2 Å². The third kappa shape index (κ3) is 6.21. The summed E-state index contributed by atoms with van der Waals surface area (Å²) in [5.74, 6) is -0.726. The van der Waals surface area contributed by atoms with E-state index in [1.165, 1.54) is 18.2 Å². The average Bonchev–Trinajstić information content (AvgIpc) is 2.28. The van der Waals surface area contributed by atoms with Gasteiger partial charge in [-0.3, -0.25) is 4.79 Å². The molecule has 0 aliphatic rings. The zero-order valence-electron chi connectivity index (χ0n) is 9.28. The number of carbonyl (C=O) groups excluding carboxylic acids is 1. The topological polar surface area (TPSA) is 61.4 Å². The fourth-order valence-corrected chi connectivity index (χ4v) is 1.20. The number of amides is 1. The molecule has 0 aliphatic carbocycles. The first-order valence-corrected chi connectivity index (χ1v) is 5.09. The number of nitrogens with one attached hydrogen (secondary N) is 2. The Balaban J connectivity index is 0.00000256. The van der Waals surface area contributed by atoms with Crippen LogP contribution >= 0.6 is 12.4 Å². The highest BCUT2D eigenvalue weighted by atomic mass is 35.5. The summed E-state index contributed by atoms with van der Waals surface area (Å²) < 4.78 is 12.8. The molecular formula is C11H16ClFN2O2. The van der Waals surface area contributed by atoms with E-state index < -0.39 is 5.82 Å². The highest BCUT2D eigenvalue weighted by Gasteiger charge is 2.04. The largest absolute Gasteiger partial charge is 0.395 e. The summed E-state index contributed by atoms with van der Waals surface area (Å²) in [6.07, 6.45) is 0. The first kappa shape index (κ1) is 15.8. The van der Waals surface area contributed by atoms with Crippen molar-refractivity contribution in [2.75, 3.05) is 26.2 Å². The lowest BCUT2D eigenvalue weighted by molar-refractivity contribution is 0.0953. The zero-order chi connectivity index (χ0) is 11.8. The molecule has 3 N–H and O–H groups in total. The second kappa shape index (κ2) is 8.92. The van der Waals surface area contributed by atoms with Crippen LogP contribution in [0.1, 0.15) is 10.4 Å². The molecule has 17 heavy (non-hydrogen) atoms. The Morgan fingerprint density at radius 2 is 2.06 bits per heavy atom. The van der Waals surface area contributed by atoms with Crippen LogP contribution in [-0.2, 0) is 0 Å². The van der Waals surface area contributed by atoms with Gasteiger partial charge in [0.1, 0.15) is 5.82 Å². The maximum absolute atomic E-state index is 12.8. The Morgan fingerprint density at radius 1 is 1.29 bits per heavy atom. The van der Waals surface area contributed by atoms with Crippen molar-refractivity contribution in [3.63, 3.8) is 0 Å². The molecule has 0 fully saturated rings. The van der Waals surface area contributed by atoms with E-state index in [1.807, 2.05) is 0 Å². The predicted molar refractivity (Wildman–Crippen MR) is 65.9 cm³/mol. The molecule has 6 heteroatoms. The van der Waals surface area contributed by atoms with E-state index >= 15 is 0 Å². The summed E-state index contributed by atoms with van der Waals surface area (Å²) in [7, 11) is 0. The van der Waals surface area contributed by atoms with Crippen molar-refractivity contribution in [2.24, 2.45) is 0 Å². The highest BCUT2D eigenvalue weighted by Crippen LogP contribution is 2.02. The molecule has 0 aliphatic heterocycles. The molecular weight excluding hydrogens is 247 g/mol. The number of aliphatic hydroxyl groups is 1. The molecule has 1 rings (SSSR count). The number of carbonyl (C=O) groups is 1. The summed E-state index contributed by atoms with van der Waals surface area (Å²) >= 11 is 0. The van der Waals surface area contributed by atoms with Crippen LogP contribution in [0.15, 0.2) is 24.3 Å². The third-order valence-electron chi connectivity index (χ3n) is 1.96. The molecule has 0 aromatic heterocycles. The van der Waals surface area contributed by atoms with Crippen molar-refractivity contribution >= 4 is 18.3 Å². The zero-order valence-corrected chi connectivity index (χ0v) is 10.1. The maximum atomic E-state index is 12.8. The molecule has 0 saturated carbocycles. The van der Waals surface area contributed by atoms with E-state index in [-0.39, 0.29) is 24.9 Å². The SMILES string of the molecule is Cl.O=C(NCCNCCO)c1cccc(F)c1. The molecule has 0 unspecified atom stereocenters. The van der Waals surface area contributed by atoms with Gasteiger partial charge < -0.3 is 15.7 Å². The lowest BCUT2D eigenvalue weighted by Gasteiger charge is -2.05. The second-order valence-corrected chi connectivity index (χ2v) is 3.24. The van der Waals surface area contributed by atoms with Crippen LogP contribution in [0.25, 0.3) is 0 Å². The van der Waals surface area contributed by atoms with Crippen LogP contribution in [0, 0.1) is 5.82 Å². The standard InChI is InChI=1S/C11H15FN2O2.ClH/c12-10-3-1-2-9(8-10)11(16)14-5-4-13-6-7-15;/h1-3,8,13,15H,4-7H2,(H,14,16);1H. The average molecular weight is 263 g/mol. The maximum Gasteiger partial charge on any atom is 0.251 e. The van der Waals surface area contributed by atoms with Crippen LogP contribution in [0.4, 0.5) is 4.39 Å². The molecule has 0 heterocycles. The second-order valence-electron chi connectivity index (χ2n) is 3.24. The number of rotatable bonds is 6. The van der Waals surface area contributed by atoms with Crippen molar-refractivity contribution in [3.8, 4) is 0 Å². The van der Waals surface area contributed by atoms with E-state index in [1.54, 1.807) is 6.07 Å². The van der Waals surface area contributed by atoms with E-state index in [2.05, 4.69) is 10.6 Å². The lowest BCUT2D eigenvalue weighted by Crippen LogP contribution is -2.32. The smallest absolute Gasteiger partial charge is 0.251 e. The number of aliphatic hydroxyl groups excluding tert-OH is 1. The van der Waals surface area contributed by atoms with E-state index in [4.69, 9.17) is 5.11 Å². The Labute approximate surface area is 106 Å². The van der Waals surface area contributed by atoms with Gasteiger partial charge in [0.25, 0.3) is 5.91 Å². The summed E-state index contributed by atoms with van der Waals surface area (Å²) in [6.45, 7) is 1.57. The number of halogens is 2. The van der Waals surface area contributed by atoms with Crippen LogP contribution < -0.4 is 10.6 Å². The van der Waals surface area contributed by atoms with Crippen molar-refractivity contribution in [1.29, 1.82) is 0 Å². The van der Waals surface area contributed by atoms with Gasteiger partial charge in [-0.25, -0.2) is 4.39 Å². The van der Waals surface area contributed by atoms with Gasteiger partial charge in [-0.1, -0.05) is 6.07 Å². The summed E-state index contributed by atoms with van der Waals surface area (Å²) in [5, 5.41) is 14.0. The van der Waals surface area contributed by atoms with Crippen LogP contribution in [0.5, 0.6) is 0 Å². The van der Waals surface area contributed by atoms with Crippen molar-refractivity contribution < 1.29 is 14.3 Å². The Kier molecular flexibility index (Phi) is 8.31. The molecule has 1 aromatic carbocycles. The number of benzene rings is 1. The van der Waals surface area contributed by atoms with E-state index in [9.17, 15) is 9.18 Å². The van der Waals surface area contributed by atoms with Crippen molar-refractivity contribution in [3.05, 3.63) is 35.6 Å². The first-order valence-electron chi connectivity index (χ1n) is 5.09. The van der Waals surface area contributed by atoms with Crippen LogP contribution in [0.2, 0.25) is 0 Å². The summed E-state index contributed by atoms with van der Waals surface area (Å²) in [5.41, 5.74) is 0.308. The molecule has 0 radical (unpaired) electrons. The Morgan fingerprint density at radius 3 is 2.71 bits per heavy atom. The van der Waals surface area contributed by atoms with Gasteiger partial charge in [0.05, 0.1) is 6.61 Å². The fourth-order valence-electron chi connectivity index (χ4n) is 1.20. The van der Waals surface area contributed by atoms with Crippen LogP contribution in [0.3, 0.4) is 0 Å². The first-order chi connectivity index (χ1) is 7.74. The minimum absolute atomic E-state index is 0. The lowest BCUT2D eigenvalue weighted by atomic mass is 10.2. The Hall–Kier alpha value is -1.17. The number of hydrogen-bond acceptors (Lipinski definition) is 3. The van der Waals surface area contributed by atoms with Gasteiger partial charge >= 0.3 is 0 Å². The van der Waals surface area contributed by atoms with Gasteiger partial charge in [-0.05, 0) is 18.2 Å². The summed E-state index contributed by atoms with van der Waals surface area (Å²) in [6, 6.07) is 5.53. The number of hydrogen-bond donors (Lipinski definition) is 3.